The second-order valence-corrected chi connectivity index (χ2v) is 6.59. The van der Waals surface area contributed by atoms with Gasteiger partial charge in [-0.3, -0.25) is 4.79 Å². The summed E-state index contributed by atoms with van der Waals surface area (Å²) in [6, 6.07) is 6.23. The molecule has 3 unspecified atom stereocenters. The molecule has 1 amide bonds. The molecule has 3 aliphatic heterocycles. The van der Waals surface area contributed by atoms with Gasteiger partial charge in [0.1, 0.15) is 5.82 Å². The van der Waals surface area contributed by atoms with Crippen LogP contribution in [0.4, 0.5) is 4.39 Å². The van der Waals surface area contributed by atoms with E-state index in [1.807, 2.05) is 0 Å². The van der Waals surface area contributed by atoms with Crippen molar-refractivity contribution < 1.29 is 9.18 Å². The van der Waals surface area contributed by atoms with Gasteiger partial charge in [0.15, 0.2) is 0 Å². The first-order valence-corrected chi connectivity index (χ1v) is 7.48. The summed E-state index contributed by atoms with van der Waals surface area (Å²) in [7, 11) is 0. The van der Waals surface area contributed by atoms with E-state index in [0.717, 1.165) is 19.0 Å². The SMILES string of the molecule is O=C(NC1[C@@H]2CC3C[C@H]1CN(C3)C2)c1cccc(F)c1. The van der Waals surface area contributed by atoms with Gasteiger partial charge in [-0.15, -0.1) is 0 Å². The molecule has 4 fully saturated rings. The highest BCUT2D eigenvalue weighted by molar-refractivity contribution is 5.94. The van der Waals surface area contributed by atoms with Crippen LogP contribution in [-0.4, -0.2) is 36.5 Å². The number of rotatable bonds is 2. The average Bonchev–Trinajstić information content (AvgIpc) is 2.42. The van der Waals surface area contributed by atoms with E-state index in [1.54, 1.807) is 12.1 Å². The predicted molar refractivity (Wildman–Crippen MR) is 73.8 cm³/mol. The van der Waals surface area contributed by atoms with E-state index in [0.29, 0.717) is 17.4 Å². The molecule has 5 atom stereocenters. The molecule has 1 aromatic carbocycles. The van der Waals surface area contributed by atoms with Crippen LogP contribution in [0.2, 0.25) is 0 Å². The zero-order chi connectivity index (χ0) is 13.7. The lowest BCUT2D eigenvalue weighted by molar-refractivity contribution is -0.0418. The number of hydrogen-bond acceptors (Lipinski definition) is 2. The number of benzene rings is 1. The molecule has 4 heteroatoms. The van der Waals surface area contributed by atoms with Crippen LogP contribution < -0.4 is 5.32 Å². The molecule has 20 heavy (non-hydrogen) atoms. The van der Waals surface area contributed by atoms with E-state index in [4.69, 9.17) is 0 Å². The highest BCUT2D eigenvalue weighted by Crippen LogP contribution is 2.43. The Hall–Kier alpha value is -1.42. The minimum absolute atomic E-state index is 0.128. The first-order valence-electron chi connectivity index (χ1n) is 7.48. The van der Waals surface area contributed by atoms with Crippen molar-refractivity contribution in [2.24, 2.45) is 17.8 Å². The van der Waals surface area contributed by atoms with Crippen molar-refractivity contribution in [1.29, 1.82) is 0 Å². The van der Waals surface area contributed by atoms with Gasteiger partial charge in [-0.25, -0.2) is 4.39 Å². The third-order valence-electron chi connectivity index (χ3n) is 5.17. The quantitative estimate of drug-likeness (QED) is 0.893. The summed E-state index contributed by atoms with van der Waals surface area (Å²) in [5.74, 6) is 1.51. The second-order valence-electron chi connectivity index (χ2n) is 6.59. The van der Waals surface area contributed by atoms with Crippen molar-refractivity contribution in [2.45, 2.75) is 18.9 Å². The Morgan fingerprint density at radius 1 is 1.20 bits per heavy atom. The van der Waals surface area contributed by atoms with Crippen LogP contribution in [0.5, 0.6) is 0 Å². The minimum Gasteiger partial charge on any atom is -0.349 e. The largest absolute Gasteiger partial charge is 0.349 e. The van der Waals surface area contributed by atoms with Crippen LogP contribution in [0, 0.1) is 23.6 Å². The summed E-state index contributed by atoms with van der Waals surface area (Å²) in [5.41, 5.74) is 0.430. The number of carbonyl (C=O) groups is 1. The van der Waals surface area contributed by atoms with Crippen LogP contribution >= 0.6 is 0 Å². The van der Waals surface area contributed by atoms with Crippen molar-refractivity contribution in [3.63, 3.8) is 0 Å². The Morgan fingerprint density at radius 2 is 1.95 bits per heavy atom. The standard InChI is InChI=1S/C16H19FN2O/c17-14-3-1-2-11(6-14)16(20)18-15-12-4-10-5-13(15)9-19(7-10)8-12/h1-3,6,10,12-13,15H,4-5,7-9H2,(H,18,20)/t10?,12-,13+,15?. The maximum absolute atomic E-state index is 13.2. The van der Waals surface area contributed by atoms with Gasteiger partial charge in [-0.1, -0.05) is 6.07 Å². The van der Waals surface area contributed by atoms with Crippen LogP contribution in [0.3, 0.4) is 0 Å². The van der Waals surface area contributed by atoms with Crippen molar-refractivity contribution in [2.75, 3.05) is 19.6 Å². The molecule has 0 radical (unpaired) electrons. The van der Waals surface area contributed by atoms with Crippen molar-refractivity contribution in [3.8, 4) is 0 Å². The molecule has 0 aromatic heterocycles. The lowest BCUT2D eigenvalue weighted by Gasteiger charge is -2.55. The van der Waals surface area contributed by atoms with Gasteiger partial charge >= 0.3 is 0 Å². The average molecular weight is 274 g/mol. The smallest absolute Gasteiger partial charge is 0.251 e. The third kappa shape index (κ3) is 2.03. The first-order chi connectivity index (χ1) is 9.69. The molecule has 106 valence electrons. The molecule has 4 bridgehead atoms. The molecule has 1 aliphatic carbocycles. The molecule has 1 N–H and O–H groups in total. The van der Waals surface area contributed by atoms with Gasteiger partial charge < -0.3 is 10.2 Å². The zero-order valence-electron chi connectivity index (χ0n) is 11.4. The molecule has 5 rings (SSSR count). The van der Waals surface area contributed by atoms with Crippen molar-refractivity contribution >= 4 is 5.91 Å². The molecule has 3 saturated heterocycles. The number of carbonyl (C=O) groups excluding carboxylic acids is 1. The second kappa shape index (κ2) is 4.55. The lowest BCUT2D eigenvalue weighted by atomic mass is 9.65. The Morgan fingerprint density at radius 3 is 2.60 bits per heavy atom. The van der Waals surface area contributed by atoms with Crippen LogP contribution in [-0.2, 0) is 0 Å². The Labute approximate surface area is 118 Å². The number of halogens is 1. The number of amides is 1. The van der Waals surface area contributed by atoms with Crippen molar-refractivity contribution in [1.82, 2.24) is 10.2 Å². The van der Waals surface area contributed by atoms with Gasteiger partial charge in [-0.05, 0) is 48.8 Å². The maximum atomic E-state index is 13.2. The summed E-state index contributed by atoms with van der Waals surface area (Å²) in [6.07, 6.45) is 2.47. The minimum atomic E-state index is -0.353. The maximum Gasteiger partial charge on any atom is 0.251 e. The molecule has 0 spiro atoms. The molecule has 4 aliphatic rings. The number of hydrogen-bond donors (Lipinski definition) is 1. The van der Waals surface area contributed by atoms with Crippen LogP contribution in [0.25, 0.3) is 0 Å². The van der Waals surface area contributed by atoms with E-state index < -0.39 is 0 Å². The highest BCUT2D eigenvalue weighted by atomic mass is 19.1. The van der Waals surface area contributed by atoms with E-state index in [2.05, 4.69) is 10.2 Å². The number of piperidine rings is 3. The van der Waals surface area contributed by atoms with Crippen LogP contribution in [0.15, 0.2) is 24.3 Å². The molecular formula is C16H19FN2O. The Bertz CT molecular complexity index is 517. The predicted octanol–water partition coefficient (Wildman–Crippen LogP) is 1.90. The Balaban J connectivity index is 1.50. The topological polar surface area (TPSA) is 32.3 Å². The van der Waals surface area contributed by atoms with E-state index >= 15 is 0 Å². The van der Waals surface area contributed by atoms with Gasteiger partial charge in [0.2, 0.25) is 0 Å². The summed E-state index contributed by atoms with van der Waals surface area (Å²) in [5, 5.41) is 3.17. The normalized spacial score (nSPS) is 38.0. The molecule has 3 nitrogen and oxygen atoms in total. The monoisotopic (exact) mass is 274 g/mol. The Kier molecular flexibility index (Phi) is 2.81. The molecule has 1 saturated carbocycles. The summed E-state index contributed by atoms with van der Waals surface area (Å²) >= 11 is 0. The first kappa shape index (κ1) is 12.3. The fraction of sp³-hybridized carbons (Fsp3) is 0.562. The fourth-order valence-corrected chi connectivity index (χ4v) is 4.51. The summed E-state index contributed by atoms with van der Waals surface area (Å²) in [4.78, 5) is 14.8. The van der Waals surface area contributed by atoms with Crippen molar-refractivity contribution in [3.05, 3.63) is 35.6 Å². The molecule has 1 aromatic rings. The summed E-state index contributed by atoms with van der Waals surface area (Å²) < 4.78 is 13.2. The van der Waals surface area contributed by atoms with E-state index in [1.165, 1.54) is 31.5 Å². The highest BCUT2D eigenvalue weighted by Gasteiger charge is 2.47. The lowest BCUT2D eigenvalue weighted by Crippen LogP contribution is -2.64. The number of nitrogens with one attached hydrogen (secondary N) is 1. The van der Waals surface area contributed by atoms with Gasteiger partial charge in [-0.2, -0.15) is 0 Å². The molecule has 3 heterocycles. The molecular weight excluding hydrogens is 255 g/mol. The van der Waals surface area contributed by atoms with Gasteiger partial charge in [0, 0.05) is 31.2 Å². The van der Waals surface area contributed by atoms with Gasteiger partial charge in [0.05, 0.1) is 0 Å². The van der Waals surface area contributed by atoms with E-state index in [9.17, 15) is 9.18 Å². The fourth-order valence-electron chi connectivity index (χ4n) is 4.51. The van der Waals surface area contributed by atoms with E-state index in [-0.39, 0.29) is 17.8 Å². The van der Waals surface area contributed by atoms with Crippen LogP contribution in [0.1, 0.15) is 23.2 Å². The zero-order valence-corrected chi connectivity index (χ0v) is 11.4. The summed E-state index contributed by atoms with van der Waals surface area (Å²) in [6.45, 7) is 3.47. The number of nitrogens with zero attached hydrogens (tertiary/aromatic N) is 1. The van der Waals surface area contributed by atoms with Gasteiger partial charge in [0.25, 0.3) is 5.91 Å². The third-order valence-corrected chi connectivity index (χ3v) is 5.17.